The summed E-state index contributed by atoms with van der Waals surface area (Å²) < 4.78 is 0. The number of carbonyl (C=O) groups is 3. The van der Waals surface area contributed by atoms with E-state index >= 15 is 0 Å². The van der Waals surface area contributed by atoms with E-state index in [2.05, 4.69) is 0 Å². The topological polar surface area (TPSA) is 170 Å². The molecule has 0 bridgehead atoms. The molecule has 5 N–H and O–H groups in total. The molecule has 0 spiro atoms. The SMILES string of the molecule is NCCCCC(N)C(=O)O.O=C([O-])/C=C/C(=O)[O-].[Mg+2]. The Labute approximate surface area is 126 Å². The van der Waals surface area contributed by atoms with Gasteiger partial charge < -0.3 is 36.4 Å². The van der Waals surface area contributed by atoms with Gasteiger partial charge in [-0.25, -0.2) is 0 Å². The van der Waals surface area contributed by atoms with Crippen LogP contribution in [0, 0.1) is 0 Å². The summed E-state index contributed by atoms with van der Waals surface area (Å²) in [5.41, 5.74) is 10.4. The van der Waals surface area contributed by atoms with Crippen molar-refractivity contribution in [3.05, 3.63) is 12.2 Å². The van der Waals surface area contributed by atoms with Crippen molar-refractivity contribution >= 4 is 41.0 Å². The molecule has 9 heteroatoms. The van der Waals surface area contributed by atoms with Crippen molar-refractivity contribution in [3.63, 3.8) is 0 Å². The van der Waals surface area contributed by atoms with Gasteiger partial charge in [0, 0.05) is 0 Å². The van der Waals surface area contributed by atoms with Crippen LogP contribution in [0.2, 0.25) is 0 Å². The summed E-state index contributed by atoms with van der Waals surface area (Å²) in [5, 5.41) is 27.2. The van der Waals surface area contributed by atoms with Gasteiger partial charge in [0.1, 0.15) is 6.04 Å². The molecule has 0 aliphatic carbocycles. The van der Waals surface area contributed by atoms with E-state index in [0.29, 0.717) is 25.1 Å². The van der Waals surface area contributed by atoms with Gasteiger partial charge in [0.25, 0.3) is 0 Å². The fourth-order valence-corrected chi connectivity index (χ4v) is 0.768. The fraction of sp³-hybridized carbons (Fsp3) is 0.500. The van der Waals surface area contributed by atoms with Gasteiger partial charge in [0.2, 0.25) is 0 Å². The number of hydrogen-bond acceptors (Lipinski definition) is 7. The molecule has 0 aliphatic rings. The number of carboxylic acids is 3. The van der Waals surface area contributed by atoms with Crippen LogP contribution in [0.15, 0.2) is 12.2 Å². The number of hydrogen-bond donors (Lipinski definition) is 3. The number of carbonyl (C=O) groups excluding carboxylic acids is 2. The average molecular weight is 285 g/mol. The second kappa shape index (κ2) is 14.9. The summed E-state index contributed by atoms with van der Waals surface area (Å²) in [5.74, 6) is -4.03. The third kappa shape index (κ3) is 22.5. The standard InChI is InChI=1S/C6H14N2O2.C4H4O4.Mg/c7-4-2-1-3-5(8)6(9)10;5-3(6)1-2-4(7)8;/h5H,1-4,7-8H2,(H,9,10);1-2H,(H,5,6)(H,7,8);/q;;+2/p-2/b;2-1+;. The Kier molecular flexibility index (Phi) is 18.0. The van der Waals surface area contributed by atoms with E-state index in [1.54, 1.807) is 0 Å². The van der Waals surface area contributed by atoms with Crippen LogP contribution in [0.3, 0.4) is 0 Å². The van der Waals surface area contributed by atoms with E-state index < -0.39 is 23.9 Å². The fourth-order valence-electron chi connectivity index (χ4n) is 0.768. The Bertz CT molecular complexity index is 292. The van der Waals surface area contributed by atoms with Crippen molar-refractivity contribution in [1.29, 1.82) is 0 Å². The maximum atomic E-state index is 10.1. The van der Waals surface area contributed by atoms with Crippen molar-refractivity contribution in [2.45, 2.75) is 25.3 Å². The van der Waals surface area contributed by atoms with E-state index in [1.165, 1.54) is 0 Å². The quantitative estimate of drug-likeness (QED) is 0.242. The maximum absolute atomic E-state index is 10.1. The molecule has 0 fully saturated rings. The Morgan fingerprint density at radius 1 is 1.11 bits per heavy atom. The molecule has 0 radical (unpaired) electrons. The summed E-state index contributed by atoms with van der Waals surface area (Å²) in [6.07, 6.45) is 2.93. The molecule has 0 amide bonds. The zero-order valence-corrected chi connectivity index (χ0v) is 11.8. The molecule has 19 heavy (non-hydrogen) atoms. The molecule has 0 aromatic carbocycles. The molecular formula is C10H16MgN2O6. The van der Waals surface area contributed by atoms with E-state index in [1.807, 2.05) is 0 Å². The zero-order valence-electron chi connectivity index (χ0n) is 10.4. The van der Waals surface area contributed by atoms with E-state index in [4.69, 9.17) is 16.6 Å². The summed E-state index contributed by atoms with van der Waals surface area (Å²) in [7, 11) is 0. The first-order valence-corrected chi connectivity index (χ1v) is 5.09. The second-order valence-electron chi connectivity index (χ2n) is 3.20. The molecule has 8 nitrogen and oxygen atoms in total. The molecule has 1 unspecified atom stereocenters. The first-order valence-electron chi connectivity index (χ1n) is 5.09. The summed E-state index contributed by atoms with van der Waals surface area (Å²) >= 11 is 0. The van der Waals surface area contributed by atoms with Crippen LogP contribution in [-0.4, -0.2) is 58.7 Å². The minimum Gasteiger partial charge on any atom is -0.545 e. The van der Waals surface area contributed by atoms with Crippen LogP contribution in [0.5, 0.6) is 0 Å². The number of aliphatic carboxylic acids is 3. The van der Waals surface area contributed by atoms with E-state index in [9.17, 15) is 24.6 Å². The van der Waals surface area contributed by atoms with Crippen LogP contribution in [0.1, 0.15) is 19.3 Å². The molecule has 0 aromatic rings. The van der Waals surface area contributed by atoms with Gasteiger partial charge in [-0.3, -0.25) is 4.79 Å². The van der Waals surface area contributed by atoms with Gasteiger partial charge in [-0.1, -0.05) is 6.42 Å². The van der Waals surface area contributed by atoms with Crippen LogP contribution in [0.4, 0.5) is 0 Å². The Morgan fingerprint density at radius 3 is 1.79 bits per heavy atom. The first kappa shape index (κ1) is 23.0. The minimum absolute atomic E-state index is 0. The van der Waals surface area contributed by atoms with Crippen molar-refractivity contribution in [2.75, 3.05) is 6.54 Å². The van der Waals surface area contributed by atoms with Crippen LogP contribution < -0.4 is 21.7 Å². The minimum atomic E-state index is -1.55. The normalized spacial score (nSPS) is 10.8. The smallest absolute Gasteiger partial charge is 0.545 e. The first-order chi connectivity index (χ1) is 8.31. The monoisotopic (exact) mass is 284 g/mol. The Hall–Kier alpha value is -1.16. The van der Waals surface area contributed by atoms with Gasteiger partial charge in [0.15, 0.2) is 0 Å². The van der Waals surface area contributed by atoms with Crippen molar-refractivity contribution in [3.8, 4) is 0 Å². The third-order valence-corrected chi connectivity index (χ3v) is 1.64. The van der Waals surface area contributed by atoms with Crippen molar-refractivity contribution in [2.24, 2.45) is 11.5 Å². The van der Waals surface area contributed by atoms with Gasteiger partial charge in [-0.15, -0.1) is 0 Å². The molecule has 0 aliphatic heterocycles. The second-order valence-corrected chi connectivity index (χ2v) is 3.20. The summed E-state index contributed by atoms with van der Waals surface area (Å²) in [6.45, 7) is 0.604. The summed E-state index contributed by atoms with van der Waals surface area (Å²) in [4.78, 5) is 29.0. The molecule has 104 valence electrons. The van der Waals surface area contributed by atoms with Crippen molar-refractivity contribution in [1.82, 2.24) is 0 Å². The molecular weight excluding hydrogens is 268 g/mol. The number of unbranched alkanes of at least 4 members (excludes halogenated alkanes) is 1. The predicted molar refractivity (Wildman–Crippen MR) is 63.4 cm³/mol. The molecule has 0 rings (SSSR count). The number of carboxylic acid groups (broad SMARTS) is 3. The predicted octanol–water partition coefficient (Wildman–Crippen LogP) is -3.81. The van der Waals surface area contributed by atoms with Crippen molar-refractivity contribution < 1.29 is 29.7 Å². The summed E-state index contributed by atoms with van der Waals surface area (Å²) in [6, 6.07) is -0.716. The van der Waals surface area contributed by atoms with Gasteiger partial charge >= 0.3 is 29.0 Å². The van der Waals surface area contributed by atoms with Gasteiger partial charge in [-0.05, 0) is 31.5 Å². The largest absolute Gasteiger partial charge is 2.00 e. The van der Waals surface area contributed by atoms with Crippen LogP contribution in [-0.2, 0) is 14.4 Å². The van der Waals surface area contributed by atoms with Crippen LogP contribution in [0.25, 0.3) is 0 Å². The molecule has 0 saturated heterocycles. The van der Waals surface area contributed by atoms with E-state index in [-0.39, 0.29) is 23.1 Å². The number of rotatable bonds is 7. The molecule has 0 aromatic heterocycles. The molecule has 0 saturated carbocycles. The average Bonchev–Trinajstić information content (AvgIpc) is 2.27. The number of nitrogens with two attached hydrogens (primary N) is 2. The molecule has 0 heterocycles. The Morgan fingerprint density at radius 2 is 1.53 bits per heavy atom. The Balaban J connectivity index is -0.000000262. The zero-order chi connectivity index (χ0) is 14.6. The maximum Gasteiger partial charge on any atom is 2.00 e. The van der Waals surface area contributed by atoms with E-state index in [0.717, 1.165) is 12.8 Å². The third-order valence-electron chi connectivity index (χ3n) is 1.64. The van der Waals surface area contributed by atoms with Crippen LogP contribution >= 0.6 is 0 Å². The van der Waals surface area contributed by atoms with Gasteiger partial charge in [0.05, 0.1) is 11.9 Å². The molecule has 1 atom stereocenters. The van der Waals surface area contributed by atoms with Gasteiger partial charge in [-0.2, -0.15) is 0 Å².